The topological polar surface area (TPSA) is 31.2 Å². The van der Waals surface area contributed by atoms with Crippen LogP contribution >= 0.6 is 0 Å². The Bertz CT molecular complexity index is 353. The lowest BCUT2D eigenvalue weighted by molar-refractivity contribution is 0.535. The first-order chi connectivity index (χ1) is 9.01. The highest BCUT2D eigenvalue weighted by atomic mass is 28.3. The smallest absolute Gasteiger partial charge is 0.168 e. The summed E-state index contributed by atoms with van der Waals surface area (Å²) in [6.45, 7) is 13.9. The van der Waals surface area contributed by atoms with Crippen molar-refractivity contribution < 1.29 is 0 Å². The number of rotatable bonds is 4. The van der Waals surface area contributed by atoms with Gasteiger partial charge in [-0.2, -0.15) is 10.2 Å². The Balaban J connectivity index is 2.98. The minimum absolute atomic E-state index is 1.08. The third kappa shape index (κ3) is 5.05. The van der Waals surface area contributed by atoms with Crippen molar-refractivity contribution >= 4 is 27.9 Å². The van der Waals surface area contributed by atoms with Gasteiger partial charge in [-0.05, 0) is 25.7 Å². The van der Waals surface area contributed by atoms with Crippen molar-refractivity contribution in [2.75, 3.05) is 14.1 Å². The SMILES string of the molecule is CN(N=C1CCCCC1=NN(C)[Si](C)(C)C)[Si](C)(C)C. The van der Waals surface area contributed by atoms with Crippen LogP contribution in [0, 0.1) is 0 Å². The normalized spacial score (nSPS) is 21.4. The zero-order valence-electron chi connectivity index (χ0n) is 14.6. The lowest BCUT2D eigenvalue weighted by Gasteiger charge is -2.31. The maximum Gasteiger partial charge on any atom is 0.168 e. The molecule has 0 aliphatic heterocycles. The molecule has 0 aromatic carbocycles. The van der Waals surface area contributed by atoms with E-state index >= 15 is 0 Å². The van der Waals surface area contributed by atoms with Crippen LogP contribution in [-0.2, 0) is 0 Å². The molecule has 0 aromatic rings. The fourth-order valence-electron chi connectivity index (χ4n) is 1.75. The van der Waals surface area contributed by atoms with Crippen LogP contribution in [0.1, 0.15) is 25.7 Å². The van der Waals surface area contributed by atoms with Crippen LogP contribution in [0.25, 0.3) is 0 Å². The highest BCUT2D eigenvalue weighted by Gasteiger charge is 2.24. The van der Waals surface area contributed by atoms with Crippen molar-refractivity contribution in [3.8, 4) is 0 Å². The molecule has 0 unspecified atom stereocenters. The number of hydrazone groups is 2. The van der Waals surface area contributed by atoms with Gasteiger partial charge in [0.15, 0.2) is 16.5 Å². The Hall–Kier alpha value is -0.626. The molecule has 0 amide bonds. The third-order valence-corrected chi connectivity index (χ3v) is 7.98. The predicted molar refractivity (Wildman–Crippen MR) is 95.6 cm³/mol. The van der Waals surface area contributed by atoms with Crippen molar-refractivity contribution in [2.24, 2.45) is 10.2 Å². The quantitative estimate of drug-likeness (QED) is 0.584. The van der Waals surface area contributed by atoms with Gasteiger partial charge in [0.2, 0.25) is 0 Å². The minimum Gasteiger partial charge on any atom is -0.327 e. The molecule has 0 saturated heterocycles. The van der Waals surface area contributed by atoms with Gasteiger partial charge < -0.3 is 9.35 Å². The van der Waals surface area contributed by atoms with Crippen LogP contribution in [-0.4, -0.2) is 51.3 Å². The van der Waals surface area contributed by atoms with E-state index in [2.05, 4.69) is 62.7 Å². The molecule has 116 valence electrons. The van der Waals surface area contributed by atoms with Gasteiger partial charge in [0.25, 0.3) is 0 Å². The first kappa shape index (κ1) is 17.4. The lowest BCUT2D eigenvalue weighted by atomic mass is 9.96. The van der Waals surface area contributed by atoms with Crippen LogP contribution in [0.3, 0.4) is 0 Å². The van der Waals surface area contributed by atoms with Crippen LogP contribution in [0.5, 0.6) is 0 Å². The molecule has 6 heteroatoms. The summed E-state index contributed by atoms with van der Waals surface area (Å²) in [5.74, 6) is 0. The average Bonchev–Trinajstić information content (AvgIpc) is 2.29. The van der Waals surface area contributed by atoms with Crippen molar-refractivity contribution in [1.82, 2.24) is 9.35 Å². The second-order valence-electron chi connectivity index (χ2n) is 7.69. The van der Waals surface area contributed by atoms with Crippen molar-refractivity contribution in [2.45, 2.75) is 65.0 Å². The second kappa shape index (κ2) is 6.43. The summed E-state index contributed by atoms with van der Waals surface area (Å²) in [4.78, 5) is 0. The van der Waals surface area contributed by atoms with E-state index in [-0.39, 0.29) is 0 Å². The van der Waals surface area contributed by atoms with E-state index in [1.54, 1.807) is 0 Å². The summed E-state index contributed by atoms with van der Waals surface area (Å²) in [5.41, 5.74) is 2.43. The highest BCUT2D eigenvalue weighted by Crippen LogP contribution is 2.18. The lowest BCUT2D eigenvalue weighted by Crippen LogP contribution is -2.42. The molecule has 0 aromatic heterocycles. The van der Waals surface area contributed by atoms with Crippen LogP contribution in [0.2, 0.25) is 39.3 Å². The maximum absolute atomic E-state index is 4.89. The van der Waals surface area contributed by atoms with E-state index in [0.29, 0.717) is 0 Å². The van der Waals surface area contributed by atoms with Gasteiger partial charge in [-0.15, -0.1) is 0 Å². The summed E-state index contributed by atoms with van der Waals surface area (Å²) < 4.78 is 4.41. The molecule has 1 aliphatic rings. The van der Waals surface area contributed by atoms with Crippen molar-refractivity contribution in [1.29, 1.82) is 0 Å². The molecule has 0 bridgehead atoms. The molecule has 0 N–H and O–H groups in total. The monoisotopic (exact) mass is 312 g/mol. The van der Waals surface area contributed by atoms with Gasteiger partial charge in [0, 0.05) is 14.1 Å². The Morgan fingerprint density at radius 3 is 1.25 bits per heavy atom. The van der Waals surface area contributed by atoms with Gasteiger partial charge in [0.05, 0.1) is 11.4 Å². The zero-order chi connectivity index (χ0) is 15.6. The predicted octanol–water partition coefficient (Wildman–Crippen LogP) is 3.81. The van der Waals surface area contributed by atoms with Crippen molar-refractivity contribution in [3.05, 3.63) is 0 Å². The molecular weight excluding hydrogens is 280 g/mol. The summed E-state index contributed by atoms with van der Waals surface area (Å²) in [7, 11) is 1.51. The highest BCUT2D eigenvalue weighted by molar-refractivity contribution is 6.73. The first-order valence-electron chi connectivity index (χ1n) is 7.65. The molecule has 0 atom stereocenters. The molecule has 1 rings (SSSR count). The maximum atomic E-state index is 4.89. The summed E-state index contributed by atoms with van der Waals surface area (Å²) >= 11 is 0. The Morgan fingerprint density at radius 1 is 0.700 bits per heavy atom. The van der Waals surface area contributed by atoms with E-state index in [1.165, 1.54) is 24.3 Å². The minimum atomic E-state index is -1.36. The summed E-state index contributed by atoms with van der Waals surface area (Å²) in [5, 5.41) is 9.79. The zero-order valence-corrected chi connectivity index (χ0v) is 16.6. The standard InChI is InChI=1S/C14H32N4Si2/c1-17(19(3,4)5)15-13-11-9-10-12-14(13)16-18(2)20(6,7)8/h9-12H2,1-8H3. The molecule has 0 heterocycles. The van der Waals surface area contributed by atoms with Gasteiger partial charge in [-0.25, -0.2) is 0 Å². The average molecular weight is 313 g/mol. The Morgan fingerprint density at radius 2 is 1.00 bits per heavy atom. The molecule has 0 radical (unpaired) electrons. The molecule has 20 heavy (non-hydrogen) atoms. The fraction of sp³-hybridized carbons (Fsp3) is 0.857. The van der Waals surface area contributed by atoms with Crippen molar-refractivity contribution in [3.63, 3.8) is 0 Å². The molecule has 4 nitrogen and oxygen atoms in total. The van der Waals surface area contributed by atoms with Gasteiger partial charge in [-0.1, -0.05) is 39.3 Å². The molecule has 0 spiro atoms. The Labute approximate surface area is 127 Å². The number of hydrogen-bond acceptors (Lipinski definition) is 4. The molecule has 1 saturated carbocycles. The number of hydrogen-bond donors (Lipinski definition) is 0. The molecular formula is C14H32N4Si2. The molecule has 1 aliphatic carbocycles. The van der Waals surface area contributed by atoms with E-state index in [9.17, 15) is 0 Å². The first-order valence-corrected chi connectivity index (χ1v) is 14.5. The van der Waals surface area contributed by atoms with Crippen LogP contribution in [0.15, 0.2) is 10.2 Å². The molecule has 1 fully saturated rings. The van der Waals surface area contributed by atoms with E-state index < -0.39 is 16.5 Å². The number of nitrogens with zero attached hydrogens (tertiary/aromatic N) is 4. The summed E-state index contributed by atoms with van der Waals surface area (Å²) in [6, 6.07) is 0. The van der Waals surface area contributed by atoms with Crippen LogP contribution < -0.4 is 0 Å². The van der Waals surface area contributed by atoms with Gasteiger partial charge >= 0.3 is 0 Å². The van der Waals surface area contributed by atoms with Gasteiger partial charge in [0.1, 0.15) is 0 Å². The fourth-order valence-corrected chi connectivity index (χ4v) is 2.59. The largest absolute Gasteiger partial charge is 0.327 e. The van der Waals surface area contributed by atoms with Gasteiger partial charge in [-0.3, -0.25) is 0 Å². The summed E-state index contributed by atoms with van der Waals surface area (Å²) in [6.07, 6.45) is 4.64. The Kier molecular flexibility index (Phi) is 5.60. The second-order valence-corrected chi connectivity index (χ2v) is 17.7. The van der Waals surface area contributed by atoms with E-state index in [4.69, 9.17) is 10.2 Å². The van der Waals surface area contributed by atoms with Crippen LogP contribution in [0.4, 0.5) is 0 Å². The van der Waals surface area contributed by atoms with E-state index in [1.807, 2.05) is 0 Å². The van der Waals surface area contributed by atoms with E-state index in [0.717, 1.165) is 12.8 Å². The third-order valence-electron chi connectivity index (χ3n) is 3.89.